The third kappa shape index (κ3) is 7.30. The summed E-state index contributed by atoms with van der Waals surface area (Å²) in [6.45, 7) is 2.08. The van der Waals surface area contributed by atoms with Crippen molar-refractivity contribution in [1.29, 1.82) is 0 Å². The number of aromatic nitrogens is 1. The summed E-state index contributed by atoms with van der Waals surface area (Å²) in [4.78, 5) is 9.12. The van der Waals surface area contributed by atoms with Crippen LogP contribution in [0.25, 0.3) is 45.0 Å². The predicted octanol–water partition coefficient (Wildman–Crippen LogP) is 14.3. The maximum Gasteiger partial charge on any atom is 0.230 e. The van der Waals surface area contributed by atoms with Crippen molar-refractivity contribution in [3.05, 3.63) is 218 Å². The lowest BCUT2D eigenvalue weighted by molar-refractivity contribution is 0.473. The maximum atomic E-state index is 11.0. The molecule has 0 unspecified atom stereocenters. The van der Waals surface area contributed by atoms with Crippen LogP contribution in [0.4, 0.5) is 34.1 Å². The van der Waals surface area contributed by atoms with E-state index in [2.05, 4.69) is 185 Å². The number of hydrogen-bond donors (Lipinski definition) is 1. The van der Waals surface area contributed by atoms with Crippen LogP contribution in [0.5, 0.6) is 5.75 Å². The first kappa shape index (κ1) is 35.1. The predicted molar refractivity (Wildman–Crippen MR) is 234 cm³/mol. The van der Waals surface area contributed by atoms with Gasteiger partial charge in [0.05, 0.1) is 11.8 Å². The van der Waals surface area contributed by atoms with Gasteiger partial charge in [-0.25, -0.2) is 4.98 Å². The summed E-state index contributed by atoms with van der Waals surface area (Å²) < 4.78 is 6.35. The highest BCUT2D eigenvalue weighted by Gasteiger charge is 2.17. The second-order valence-corrected chi connectivity index (χ2v) is 13.9. The van der Waals surface area contributed by atoms with E-state index in [9.17, 15) is 5.11 Å². The Labute approximate surface area is 333 Å². The van der Waals surface area contributed by atoms with Crippen molar-refractivity contribution in [2.75, 3.05) is 9.80 Å². The largest absolute Gasteiger partial charge is 0.507 e. The Kier molecular flexibility index (Phi) is 9.61. The van der Waals surface area contributed by atoms with E-state index in [0.29, 0.717) is 17.2 Å². The molecule has 1 aromatic heterocycles. The minimum absolute atomic E-state index is 0.108. The topological polar surface area (TPSA) is 52.7 Å². The van der Waals surface area contributed by atoms with Crippen molar-refractivity contribution in [3.8, 4) is 50.8 Å². The Morgan fingerprint density at radius 2 is 0.789 bits per heavy atom. The summed E-state index contributed by atoms with van der Waals surface area (Å²) in [6, 6.07) is 70.6. The number of aromatic hydroxyl groups is 1. The second-order valence-electron chi connectivity index (χ2n) is 13.9. The van der Waals surface area contributed by atoms with Crippen molar-refractivity contribution in [3.63, 3.8) is 0 Å². The van der Waals surface area contributed by atoms with Gasteiger partial charge in [0.1, 0.15) is 5.75 Å². The van der Waals surface area contributed by atoms with Crippen molar-refractivity contribution in [2.45, 2.75) is 6.92 Å². The van der Waals surface area contributed by atoms with Crippen LogP contribution in [-0.4, -0.2) is 10.1 Å². The smallest absolute Gasteiger partial charge is 0.230 e. The summed E-state index contributed by atoms with van der Waals surface area (Å²) in [5.41, 5.74) is 13.2. The van der Waals surface area contributed by atoms with E-state index in [1.54, 1.807) is 12.3 Å². The van der Waals surface area contributed by atoms with Crippen LogP contribution in [0.2, 0.25) is 0 Å². The minimum Gasteiger partial charge on any atom is -0.507 e. The Morgan fingerprint density at radius 1 is 0.404 bits per heavy atom. The molecular weight excluding hydrogens is 699 g/mol. The third-order valence-electron chi connectivity index (χ3n) is 10.2. The van der Waals surface area contributed by atoms with Crippen LogP contribution in [0, 0.1) is 6.92 Å². The zero-order valence-electron chi connectivity index (χ0n) is 31.4. The molecule has 5 heteroatoms. The van der Waals surface area contributed by atoms with Crippen molar-refractivity contribution < 1.29 is 9.52 Å². The number of hydrogen-bond acceptors (Lipinski definition) is 5. The molecule has 9 aromatic rings. The summed E-state index contributed by atoms with van der Waals surface area (Å²) >= 11 is 0. The molecule has 0 atom stereocenters. The van der Waals surface area contributed by atoms with Crippen LogP contribution in [0.3, 0.4) is 0 Å². The molecule has 274 valence electrons. The summed E-state index contributed by atoms with van der Waals surface area (Å²) in [7, 11) is 0. The molecule has 0 saturated carbocycles. The lowest BCUT2D eigenvalue weighted by atomic mass is 9.98. The molecule has 0 aliphatic rings. The van der Waals surface area contributed by atoms with E-state index in [0.717, 1.165) is 67.5 Å². The first-order valence-corrected chi connectivity index (χ1v) is 19.0. The quantitative estimate of drug-likeness (QED) is 0.151. The first-order valence-electron chi connectivity index (χ1n) is 19.0. The van der Waals surface area contributed by atoms with Crippen LogP contribution in [0.15, 0.2) is 217 Å². The van der Waals surface area contributed by atoms with Crippen molar-refractivity contribution >= 4 is 34.1 Å². The number of aryl methyl sites for hydroxylation is 1. The van der Waals surface area contributed by atoms with Gasteiger partial charge in [0.2, 0.25) is 5.89 Å². The number of anilines is 6. The maximum absolute atomic E-state index is 11.0. The molecule has 1 heterocycles. The molecule has 0 bridgehead atoms. The van der Waals surface area contributed by atoms with Gasteiger partial charge >= 0.3 is 0 Å². The molecule has 0 radical (unpaired) electrons. The number of nitrogens with zero attached hydrogens (tertiary/aromatic N) is 3. The average molecular weight is 738 g/mol. The Morgan fingerprint density at radius 3 is 1.23 bits per heavy atom. The van der Waals surface area contributed by atoms with Gasteiger partial charge < -0.3 is 19.3 Å². The number of phenols is 1. The molecule has 9 rings (SSSR count). The molecule has 0 fully saturated rings. The molecule has 5 nitrogen and oxygen atoms in total. The number of oxazole rings is 1. The number of para-hydroxylation sites is 4. The van der Waals surface area contributed by atoms with Gasteiger partial charge in [0.25, 0.3) is 0 Å². The third-order valence-corrected chi connectivity index (χ3v) is 10.2. The molecular formula is C52H39N3O2. The molecule has 0 amide bonds. The highest BCUT2D eigenvalue weighted by atomic mass is 16.4. The van der Waals surface area contributed by atoms with E-state index in [-0.39, 0.29) is 5.75 Å². The van der Waals surface area contributed by atoms with Gasteiger partial charge in [-0.1, -0.05) is 121 Å². The number of rotatable bonds is 10. The van der Waals surface area contributed by atoms with E-state index in [4.69, 9.17) is 4.42 Å². The highest BCUT2D eigenvalue weighted by molar-refractivity contribution is 5.81. The van der Waals surface area contributed by atoms with Gasteiger partial charge in [0, 0.05) is 39.7 Å². The summed E-state index contributed by atoms with van der Waals surface area (Å²) in [5.74, 6) is 1.11. The Hall–Kier alpha value is -7.63. The van der Waals surface area contributed by atoms with Gasteiger partial charge in [0.15, 0.2) is 5.76 Å². The van der Waals surface area contributed by atoms with Crippen LogP contribution in [-0.2, 0) is 0 Å². The fraction of sp³-hybridized carbons (Fsp3) is 0.0192. The normalized spacial score (nSPS) is 11.0. The van der Waals surface area contributed by atoms with E-state index in [1.807, 2.05) is 36.4 Å². The van der Waals surface area contributed by atoms with Crippen LogP contribution < -0.4 is 9.80 Å². The first-order chi connectivity index (χ1) is 28.1. The minimum atomic E-state index is 0.108. The molecule has 57 heavy (non-hydrogen) atoms. The van der Waals surface area contributed by atoms with Crippen molar-refractivity contribution in [1.82, 2.24) is 4.98 Å². The zero-order valence-corrected chi connectivity index (χ0v) is 31.4. The van der Waals surface area contributed by atoms with Gasteiger partial charge in [-0.3, -0.25) is 0 Å². The highest BCUT2D eigenvalue weighted by Crippen LogP contribution is 2.40. The fourth-order valence-electron chi connectivity index (χ4n) is 7.34. The SMILES string of the molecule is Cc1cc(-c2ccc(N(c3ccccc3)c3ccccc3)cc2)ccc1-c1cnc(-c2cc(-c3ccc(N(c4ccccc4)c4ccccc4)cc3)ccc2O)o1. The van der Waals surface area contributed by atoms with Gasteiger partial charge in [-0.2, -0.15) is 0 Å². The molecule has 8 aromatic carbocycles. The van der Waals surface area contributed by atoms with Crippen LogP contribution in [0.1, 0.15) is 5.56 Å². The van der Waals surface area contributed by atoms with Crippen molar-refractivity contribution in [2.24, 2.45) is 0 Å². The fourth-order valence-corrected chi connectivity index (χ4v) is 7.34. The molecule has 0 aliphatic heterocycles. The molecule has 0 aliphatic carbocycles. The molecule has 0 spiro atoms. The van der Waals surface area contributed by atoms with E-state index in [1.165, 1.54) is 0 Å². The summed E-state index contributed by atoms with van der Waals surface area (Å²) in [5, 5.41) is 11.0. The van der Waals surface area contributed by atoms with Crippen LogP contribution >= 0.6 is 0 Å². The standard InChI is InChI=1S/C52H39N3O2/c1-37-34-40(38-22-28-46(29-23-38)54(42-14-6-2-7-15-42)43-16-8-3-9-17-43)26-32-48(37)51-36-53-52(57-51)49-35-41(27-33-50(49)56)39-24-30-47(31-25-39)55(44-18-10-4-11-19-44)45-20-12-5-13-21-45/h2-36,56H,1H3. The number of phenolic OH excluding ortho intramolecular Hbond substituents is 1. The number of benzene rings is 8. The average Bonchev–Trinajstić information content (AvgIpc) is 3.76. The summed E-state index contributed by atoms with van der Waals surface area (Å²) in [6.07, 6.45) is 1.73. The zero-order chi connectivity index (χ0) is 38.6. The molecule has 1 N–H and O–H groups in total. The van der Waals surface area contributed by atoms with E-state index >= 15 is 0 Å². The van der Waals surface area contributed by atoms with Gasteiger partial charge in [-0.15, -0.1) is 0 Å². The lowest BCUT2D eigenvalue weighted by Crippen LogP contribution is -2.09. The monoisotopic (exact) mass is 737 g/mol. The second kappa shape index (κ2) is 15.6. The molecule has 0 saturated heterocycles. The Balaban J connectivity index is 0.953. The van der Waals surface area contributed by atoms with E-state index < -0.39 is 0 Å². The van der Waals surface area contributed by atoms with Gasteiger partial charge in [-0.05, 0) is 120 Å². The Bertz CT molecular complexity index is 2650. The lowest BCUT2D eigenvalue weighted by Gasteiger charge is -2.25.